The van der Waals surface area contributed by atoms with Crippen molar-refractivity contribution in [2.75, 3.05) is 13.2 Å². The summed E-state index contributed by atoms with van der Waals surface area (Å²) in [6, 6.07) is 7.13. The standard InChI is InChI=1S/C23H29ClN4O2Si/c1-31(2,3)11-10-29-16-27-15-20(18-7-8-21(24)19(12-25)23(18)27)17-13-26-28(14-17)22-6-4-5-9-30-22/h7-8,13-15,22H,4-6,9-11,16H2,1-3H3. The maximum atomic E-state index is 9.76. The van der Waals surface area contributed by atoms with Gasteiger partial charge in [-0.2, -0.15) is 10.4 Å². The maximum Gasteiger partial charge on any atom is 0.150 e. The second kappa shape index (κ2) is 9.17. The van der Waals surface area contributed by atoms with Crippen molar-refractivity contribution >= 4 is 30.6 Å². The Bertz CT molecular complexity index is 1100. The smallest absolute Gasteiger partial charge is 0.150 e. The molecule has 3 heterocycles. The van der Waals surface area contributed by atoms with Crippen molar-refractivity contribution in [2.45, 2.75) is 57.9 Å². The van der Waals surface area contributed by atoms with E-state index >= 15 is 0 Å². The van der Waals surface area contributed by atoms with Crippen LogP contribution in [0.4, 0.5) is 0 Å². The molecule has 1 saturated heterocycles. The van der Waals surface area contributed by atoms with Crippen LogP contribution in [0, 0.1) is 11.3 Å². The molecular weight excluding hydrogens is 428 g/mol. The van der Waals surface area contributed by atoms with Crippen LogP contribution in [-0.2, 0) is 16.2 Å². The number of halogens is 1. The molecule has 1 aliphatic rings. The van der Waals surface area contributed by atoms with Crippen LogP contribution in [0.15, 0.2) is 30.7 Å². The minimum Gasteiger partial charge on any atom is -0.361 e. The zero-order chi connectivity index (χ0) is 22.0. The highest BCUT2D eigenvalue weighted by Gasteiger charge is 2.20. The summed E-state index contributed by atoms with van der Waals surface area (Å²) < 4.78 is 15.8. The molecule has 0 bridgehead atoms. The average molecular weight is 457 g/mol. The van der Waals surface area contributed by atoms with Gasteiger partial charge in [-0.25, -0.2) is 4.68 Å². The lowest BCUT2D eigenvalue weighted by molar-refractivity contribution is -0.0394. The zero-order valence-corrected chi connectivity index (χ0v) is 20.2. The summed E-state index contributed by atoms with van der Waals surface area (Å²) in [6.45, 7) is 8.88. The maximum absolute atomic E-state index is 9.76. The third-order valence-corrected chi connectivity index (χ3v) is 7.71. The molecule has 0 amide bonds. The molecule has 0 saturated carbocycles. The van der Waals surface area contributed by atoms with Crippen molar-refractivity contribution in [3.05, 3.63) is 41.3 Å². The van der Waals surface area contributed by atoms with Crippen molar-refractivity contribution < 1.29 is 9.47 Å². The van der Waals surface area contributed by atoms with Crippen molar-refractivity contribution in [1.29, 1.82) is 5.26 Å². The average Bonchev–Trinajstić information content (AvgIpc) is 3.36. The molecule has 31 heavy (non-hydrogen) atoms. The molecule has 6 nitrogen and oxygen atoms in total. The van der Waals surface area contributed by atoms with Gasteiger partial charge in [-0.15, -0.1) is 0 Å². The molecule has 164 valence electrons. The van der Waals surface area contributed by atoms with Crippen LogP contribution in [0.5, 0.6) is 0 Å². The first-order valence-corrected chi connectivity index (χ1v) is 14.9. The van der Waals surface area contributed by atoms with Gasteiger partial charge in [-0.3, -0.25) is 0 Å². The molecule has 2 aromatic heterocycles. The molecule has 8 heteroatoms. The van der Waals surface area contributed by atoms with Gasteiger partial charge in [0.15, 0.2) is 0 Å². The Hall–Kier alpha value is -2.11. The number of benzene rings is 1. The SMILES string of the molecule is C[Si](C)(C)CCOCn1cc(-c2cnn(C3CCCCO3)c2)c2ccc(Cl)c(C#N)c21. The number of nitrogens with zero attached hydrogens (tertiary/aromatic N) is 4. The van der Waals surface area contributed by atoms with Crippen molar-refractivity contribution in [3.8, 4) is 17.2 Å². The van der Waals surface area contributed by atoms with E-state index in [0.29, 0.717) is 23.9 Å². The van der Waals surface area contributed by atoms with E-state index in [2.05, 4.69) is 30.8 Å². The fraction of sp³-hybridized carbons (Fsp3) is 0.478. The topological polar surface area (TPSA) is 65.0 Å². The largest absolute Gasteiger partial charge is 0.361 e. The van der Waals surface area contributed by atoms with Crippen LogP contribution < -0.4 is 0 Å². The lowest BCUT2D eigenvalue weighted by atomic mass is 10.1. The summed E-state index contributed by atoms with van der Waals surface area (Å²) in [5, 5.41) is 15.7. The lowest BCUT2D eigenvalue weighted by Gasteiger charge is -2.22. The molecule has 3 aromatic rings. The molecule has 0 N–H and O–H groups in total. The number of hydrogen-bond donors (Lipinski definition) is 0. The van der Waals surface area contributed by atoms with Crippen LogP contribution in [0.1, 0.15) is 31.1 Å². The second-order valence-electron chi connectivity index (χ2n) is 9.32. The molecular formula is C23H29ClN4O2Si. The van der Waals surface area contributed by atoms with Crippen LogP contribution in [0.3, 0.4) is 0 Å². The molecule has 4 rings (SSSR count). The predicted molar refractivity (Wildman–Crippen MR) is 126 cm³/mol. The summed E-state index contributed by atoms with van der Waals surface area (Å²) in [4.78, 5) is 0. The number of hydrogen-bond acceptors (Lipinski definition) is 4. The number of nitriles is 1. The van der Waals surface area contributed by atoms with Crippen LogP contribution in [0.2, 0.25) is 30.7 Å². The van der Waals surface area contributed by atoms with E-state index in [1.165, 1.54) is 0 Å². The second-order valence-corrected chi connectivity index (χ2v) is 15.3. The van der Waals surface area contributed by atoms with Gasteiger partial charge in [0.1, 0.15) is 19.0 Å². The molecule has 1 aliphatic heterocycles. The lowest BCUT2D eigenvalue weighted by Crippen LogP contribution is -2.22. The van der Waals surface area contributed by atoms with Crippen molar-refractivity contribution in [2.24, 2.45) is 0 Å². The molecule has 0 spiro atoms. The fourth-order valence-electron chi connectivity index (χ4n) is 3.92. The van der Waals surface area contributed by atoms with Gasteiger partial charge in [-0.1, -0.05) is 37.3 Å². The van der Waals surface area contributed by atoms with E-state index in [-0.39, 0.29) is 6.23 Å². The molecule has 1 aromatic carbocycles. The highest BCUT2D eigenvalue weighted by Crippen LogP contribution is 2.36. The van der Waals surface area contributed by atoms with E-state index in [0.717, 1.165) is 53.9 Å². The van der Waals surface area contributed by atoms with E-state index in [1.54, 1.807) is 6.07 Å². The molecule has 0 aliphatic carbocycles. The quantitative estimate of drug-likeness (QED) is 0.321. The molecule has 1 fully saturated rings. The third-order valence-electron chi connectivity index (χ3n) is 5.69. The summed E-state index contributed by atoms with van der Waals surface area (Å²) in [6.07, 6.45) is 9.16. The Morgan fingerprint density at radius 2 is 2.13 bits per heavy atom. The minimum atomic E-state index is -1.17. The summed E-state index contributed by atoms with van der Waals surface area (Å²) >= 11 is 6.35. The van der Waals surface area contributed by atoms with Gasteiger partial charge in [-0.05, 0) is 31.4 Å². The predicted octanol–water partition coefficient (Wildman–Crippen LogP) is 6.04. The van der Waals surface area contributed by atoms with Crippen molar-refractivity contribution in [3.63, 3.8) is 0 Å². The number of fused-ring (bicyclic) bond motifs is 1. The van der Waals surface area contributed by atoms with E-state index in [4.69, 9.17) is 21.1 Å². The molecule has 1 atom stereocenters. The van der Waals surface area contributed by atoms with Crippen LogP contribution in [0.25, 0.3) is 22.0 Å². The normalized spacial score (nSPS) is 17.2. The Morgan fingerprint density at radius 1 is 1.29 bits per heavy atom. The van der Waals surface area contributed by atoms with Gasteiger partial charge < -0.3 is 14.0 Å². The number of aromatic nitrogens is 3. The van der Waals surface area contributed by atoms with E-state index < -0.39 is 8.07 Å². The Morgan fingerprint density at radius 3 is 2.84 bits per heavy atom. The summed E-state index contributed by atoms with van der Waals surface area (Å²) in [5.74, 6) is 0. The van der Waals surface area contributed by atoms with E-state index in [9.17, 15) is 5.26 Å². The summed E-state index contributed by atoms with van der Waals surface area (Å²) in [5.41, 5.74) is 3.28. The molecule has 1 unspecified atom stereocenters. The van der Waals surface area contributed by atoms with Gasteiger partial charge in [0.2, 0.25) is 0 Å². The highest BCUT2D eigenvalue weighted by molar-refractivity contribution is 6.76. The molecule has 0 radical (unpaired) electrons. The first kappa shape index (κ1) is 22.1. The Labute approximate surface area is 189 Å². The Kier molecular flexibility index (Phi) is 6.54. The van der Waals surface area contributed by atoms with Crippen LogP contribution >= 0.6 is 11.6 Å². The van der Waals surface area contributed by atoms with E-state index in [1.807, 2.05) is 33.9 Å². The minimum absolute atomic E-state index is 0.00939. The van der Waals surface area contributed by atoms with Crippen molar-refractivity contribution in [1.82, 2.24) is 14.3 Å². The first-order valence-electron chi connectivity index (χ1n) is 10.8. The highest BCUT2D eigenvalue weighted by atomic mass is 35.5. The first-order chi connectivity index (χ1) is 14.9. The van der Waals surface area contributed by atoms with Gasteiger partial charge >= 0.3 is 0 Å². The van der Waals surface area contributed by atoms with Crippen LogP contribution in [-0.4, -0.2) is 35.6 Å². The number of ether oxygens (including phenoxy) is 2. The number of rotatable bonds is 7. The van der Waals surface area contributed by atoms with Gasteiger partial charge in [0.25, 0.3) is 0 Å². The fourth-order valence-corrected chi connectivity index (χ4v) is 4.87. The monoisotopic (exact) mass is 456 g/mol. The summed E-state index contributed by atoms with van der Waals surface area (Å²) in [7, 11) is -1.17. The Balaban J connectivity index is 1.68. The van der Waals surface area contributed by atoms with Gasteiger partial charge in [0.05, 0.1) is 22.3 Å². The van der Waals surface area contributed by atoms with Gasteiger partial charge in [0, 0.05) is 50.2 Å². The third kappa shape index (κ3) is 4.88. The zero-order valence-electron chi connectivity index (χ0n) is 18.4.